The minimum Gasteiger partial charge on any atom is -0.383 e. The van der Waals surface area contributed by atoms with Crippen LogP contribution in [0.25, 0.3) is 0 Å². The van der Waals surface area contributed by atoms with Gasteiger partial charge < -0.3 is 11.1 Å². The third-order valence-electron chi connectivity index (χ3n) is 4.26. The Balaban J connectivity index is 1.68. The molecule has 0 aromatic carbocycles. The van der Waals surface area contributed by atoms with E-state index >= 15 is 0 Å². The van der Waals surface area contributed by atoms with E-state index in [1.165, 1.54) is 25.7 Å². The summed E-state index contributed by atoms with van der Waals surface area (Å²) in [5.74, 6) is 5.04. The Morgan fingerprint density at radius 3 is 2.33 bits per heavy atom. The van der Waals surface area contributed by atoms with Gasteiger partial charge in [-0.05, 0) is 57.3 Å². The van der Waals surface area contributed by atoms with Gasteiger partial charge in [0.05, 0.1) is 0 Å². The van der Waals surface area contributed by atoms with Crippen LogP contribution in [0.3, 0.4) is 0 Å². The summed E-state index contributed by atoms with van der Waals surface area (Å²) < 4.78 is 0. The highest BCUT2D eigenvalue weighted by Gasteiger charge is 2.41. The maximum Gasteiger partial charge on any atom is 0.134 e. The van der Waals surface area contributed by atoms with Gasteiger partial charge >= 0.3 is 0 Å². The molecule has 2 saturated carbocycles. The van der Waals surface area contributed by atoms with Gasteiger partial charge in [-0.15, -0.1) is 0 Å². The summed E-state index contributed by atoms with van der Waals surface area (Å²) in [4.78, 5) is 8.65. The van der Waals surface area contributed by atoms with Crippen molar-refractivity contribution in [2.75, 3.05) is 17.6 Å². The van der Waals surface area contributed by atoms with E-state index in [1.807, 2.05) is 13.8 Å². The lowest BCUT2D eigenvalue weighted by Gasteiger charge is -2.18. The first-order valence-corrected chi connectivity index (χ1v) is 6.99. The predicted octanol–water partition coefficient (Wildman–Crippen LogP) is 2.52. The first kappa shape index (κ1) is 11.8. The van der Waals surface area contributed by atoms with Crippen LogP contribution in [0.1, 0.15) is 37.1 Å². The molecule has 0 unspecified atom stereocenters. The third kappa shape index (κ3) is 2.42. The molecule has 0 radical (unpaired) electrons. The lowest BCUT2D eigenvalue weighted by atomic mass is 9.98. The number of nitrogens with one attached hydrogen (secondary N) is 1. The minimum absolute atomic E-state index is 0.597. The summed E-state index contributed by atoms with van der Waals surface area (Å²) in [6.45, 7) is 4.92. The topological polar surface area (TPSA) is 63.8 Å². The molecule has 2 aliphatic rings. The molecule has 0 bridgehead atoms. The summed E-state index contributed by atoms with van der Waals surface area (Å²) in [5.41, 5.74) is 6.86. The molecule has 3 N–H and O–H groups in total. The van der Waals surface area contributed by atoms with Crippen molar-refractivity contribution >= 4 is 11.6 Å². The van der Waals surface area contributed by atoms with Crippen molar-refractivity contribution < 1.29 is 0 Å². The molecule has 1 heterocycles. The Kier molecular flexibility index (Phi) is 2.88. The second-order valence-electron chi connectivity index (χ2n) is 5.85. The molecule has 2 aliphatic carbocycles. The maximum atomic E-state index is 5.88. The molecule has 0 aliphatic heterocycles. The minimum atomic E-state index is 0.597. The molecule has 4 heteroatoms. The normalized spacial score (nSPS) is 19.3. The van der Waals surface area contributed by atoms with Gasteiger partial charge in [-0.2, -0.15) is 0 Å². The van der Waals surface area contributed by atoms with Crippen LogP contribution >= 0.6 is 0 Å². The van der Waals surface area contributed by atoms with Crippen molar-refractivity contribution in [3.8, 4) is 0 Å². The molecule has 18 heavy (non-hydrogen) atoms. The van der Waals surface area contributed by atoms with Crippen LogP contribution in [0.4, 0.5) is 11.6 Å². The number of aryl methyl sites for hydroxylation is 1. The third-order valence-corrected chi connectivity index (χ3v) is 4.26. The van der Waals surface area contributed by atoms with Crippen LogP contribution in [0, 0.1) is 31.6 Å². The van der Waals surface area contributed by atoms with Crippen LogP contribution in [-0.4, -0.2) is 16.5 Å². The largest absolute Gasteiger partial charge is 0.383 e. The molecular formula is C14H22N4. The van der Waals surface area contributed by atoms with Crippen molar-refractivity contribution in [1.82, 2.24) is 9.97 Å². The summed E-state index contributed by atoms with van der Waals surface area (Å²) in [6.07, 6.45) is 5.69. The summed E-state index contributed by atoms with van der Waals surface area (Å²) >= 11 is 0. The Labute approximate surface area is 108 Å². The van der Waals surface area contributed by atoms with Gasteiger partial charge in [0.2, 0.25) is 0 Å². The zero-order valence-electron chi connectivity index (χ0n) is 11.2. The smallest absolute Gasteiger partial charge is 0.134 e. The number of nitrogens with two attached hydrogens (primary N) is 1. The van der Waals surface area contributed by atoms with Gasteiger partial charge in [-0.1, -0.05) is 0 Å². The fraction of sp³-hybridized carbons (Fsp3) is 0.714. The fourth-order valence-electron chi connectivity index (χ4n) is 2.80. The molecular weight excluding hydrogens is 224 g/mol. The van der Waals surface area contributed by atoms with Crippen LogP contribution in [0.15, 0.2) is 0 Å². The van der Waals surface area contributed by atoms with E-state index in [0.29, 0.717) is 5.82 Å². The second-order valence-corrected chi connectivity index (χ2v) is 5.85. The molecule has 1 aromatic heterocycles. The highest BCUT2D eigenvalue weighted by Crippen LogP contribution is 2.49. The molecule has 0 spiro atoms. The quantitative estimate of drug-likeness (QED) is 0.838. The summed E-state index contributed by atoms with van der Waals surface area (Å²) in [5, 5.41) is 3.51. The maximum absolute atomic E-state index is 5.88. The van der Waals surface area contributed by atoms with E-state index in [-0.39, 0.29) is 0 Å². The van der Waals surface area contributed by atoms with E-state index in [4.69, 9.17) is 5.73 Å². The number of rotatable bonds is 5. The number of anilines is 2. The van der Waals surface area contributed by atoms with Crippen molar-refractivity contribution in [2.24, 2.45) is 17.8 Å². The van der Waals surface area contributed by atoms with Crippen LogP contribution in [0.2, 0.25) is 0 Å². The van der Waals surface area contributed by atoms with Crippen LogP contribution in [0.5, 0.6) is 0 Å². The SMILES string of the molecule is Cc1nc(N)c(C)c(NCC(C2CC2)C2CC2)n1. The highest BCUT2D eigenvalue weighted by molar-refractivity contribution is 5.54. The van der Waals surface area contributed by atoms with Crippen molar-refractivity contribution in [2.45, 2.75) is 39.5 Å². The van der Waals surface area contributed by atoms with Crippen LogP contribution < -0.4 is 11.1 Å². The Hall–Kier alpha value is -1.32. The molecule has 1 aromatic rings. The first-order chi connectivity index (χ1) is 8.65. The van der Waals surface area contributed by atoms with Crippen molar-refractivity contribution in [3.05, 3.63) is 11.4 Å². The molecule has 3 rings (SSSR count). The van der Waals surface area contributed by atoms with Gasteiger partial charge in [-0.25, -0.2) is 9.97 Å². The van der Waals surface area contributed by atoms with E-state index < -0.39 is 0 Å². The predicted molar refractivity (Wildman–Crippen MR) is 73.3 cm³/mol. The highest BCUT2D eigenvalue weighted by atomic mass is 15.1. The molecule has 4 nitrogen and oxygen atoms in total. The number of hydrogen-bond acceptors (Lipinski definition) is 4. The van der Waals surface area contributed by atoms with Gasteiger partial charge in [-0.3, -0.25) is 0 Å². The lowest BCUT2D eigenvalue weighted by Crippen LogP contribution is -2.20. The second kappa shape index (κ2) is 4.41. The molecule has 0 saturated heterocycles. The standard InChI is InChI=1S/C14H22N4/c1-8-13(15)17-9(2)18-14(8)16-7-12(10-3-4-10)11-5-6-11/h10-12H,3-7H2,1-2H3,(H3,15,16,17,18). The van der Waals surface area contributed by atoms with Crippen molar-refractivity contribution in [1.29, 1.82) is 0 Å². The van der Waals surface area contributed by atoms with Gasteiger partial charge in [0.1, 0.15) is 17.5 Å². The van der Waals surface area contributed by atoms with E-state index in [9.17, 15) is 0 Å². The zero-order valence-corrected chi connectivity index (χ0v) is 11.2. The molecule has 0 atom stereocenters. The Bertz CT molecular complexity index is 437. The Morgan fingerprint density at radius 1 is 1.17 bits per heavy atom. The average Bonchev–Trinajstić information content (AvgIpc) is 3.16. The molecule has 0 amide bonds. The number of nitrogens with zero attached hydrogens (tertiary/aromatic N) is 2. The summed E-state index contributed by atoms with van der Waals surface area (Å²) in [7, 11) is 0. The number of aromatic nitrogens is 2. The van der Waals surface area contributed by atoms with Crippen molar-refractivity contribution in [3.63, 3.8) is 0 Å². The molecule has 2 fully saturated rings. The van der Waals surface area contributed by atoms with E-state index in [0.717, 1.165) is 41.5 Å². The zero-order chi connectivity index (χ0) is 12.7. The molecule has 98 valence electrons. The monoisotopic (exact) mass is 246 g/mol. The average molecular weight is 246 g/mol. The first-order valence-electron chi connectivity index (χ1n) is 6.99. The summed E-state index contributed by atoms with van der Waals surface area (Å²) in [6, 6.07) is 0. The van der Waals surface area contributed by atoms with Gasteiger partial charge in [0, 0.05) is 12.1 Å². The fourth-order valence-corrected chi connectivity index (χ4v) is 2.80. The number of nitrogen functional groups attached to an aromatic ring is 1. The van der Waals surface area contributed by atoms with E-state index in [2.05, 4.69) is 15.3 Å². The van der Waals surface area contributed by atoms with Gasteiger partial charge in [0.25, 0.3) is 0 Å². The Morgan fingerprint density at radius 2 is 1.78 bits per heavy atom. The van der Waals surface area contributed by atoms with Crippen LogP contribution in [-0.2, 0) is 0 Å². The van der Waals surface area contributed by atoms with Gasteiger partial charge in [0.15, 0.2) is 0 Å². The lowest BCUT2D eigenvalue weighted by molar-refractivity contribution is 0.427. The number of hydrogen-bond donors (Lipinski definition) is 2. The van der Waals surface area contributed by atoms with E-state index in [1.54, 1.807) is 0 Å².